The van der Waals surface area contributed by atoms with Crippen LogP contribution in [0.4, 0.5) is 4.39 Å². The lowest BCUT2D eigenvalue weighted by molar-refractivity contribution is 0.0800. The average Bonchev–Trinajstić information content (AvgIpc) is 2.56. The zero-order valence-corrected chi connectivity index (χ0v) is 13.6. The van der Waals surface area contributed by atoms with Crippen molar-refractivity contribution < 1.29 is 9.18 Å². The SMILES string of the molecule is CC1CCC(C2CCc3cc4ccccc4c(F)c3C2=O)CC1. The molecular formula is C21H23FO. The monoisotopic (exact) mass is 310 g/mol. The van der Waals surface area contributed by atoms with Gasteiger partial charge in [0, 0.05) is 11.3 Å². The Morgan fingerprint density at radius 1 is 1.04 bits per heavy atom. The van der Waals surface area contributed by atoms with E-state index in [4.69, 9.17) is 0 Å². The van der Waals surface area contributed by atoms with Gasteiger partial charge in [-0.1, -0.05) is 50.1 Å². The Labute approximate surface area is 136 Å². The Bertz CT molecular complexity index is 756. The minimum Gasteiger partial charge on any atom is -0.294 e. The molecule has 23 heavy (non-hydrogen) atoms. The van der Waals surface area contributed by atoms with Crippen LogP contribution in [-0.2, 0) is 6.42 Å². The largest absolute Gasteiger partial charge is 0.294 e. The van der Waals surface area contributed by atoms with E-state index in [0.717, 1.165) is 42.6 Å². The van der Waals surface area contributed by atoms with Gasteiger partial charge in [0.25, 0.3) is 0 Å². The second-order valence-electron chi connectivity index (χ2n) is 7.48. The van der Waals surface area contributed by atoms with Gasteiger partial charge in [0.05, 0.1) is 5.56 Å². The van der Waals surface area contributed by atoms with Gasteiger partial charge in [-0.05, 0) is 48.5 Å². The molecule has 2 aromatic carbocycles. The van der Waals surface area contributed by atoms with Gasteiger partial charge in [0.15, 0.2) is 5.78 Å². The smallest absolute Gasteiger partial charge is 0.169 e. The quantitative estimate of drug-likeness (QED) is 0.675. The number of hydrogen-bond acceptors (Lipinski definition) is 1. The maximum Gasteiger partial charge on any atom is 0.169 e. The highest BCUT2D eigenvalue weighted by atomic mass is 19.1. The predicted octanol–water partition coefficient (Wildman–Crippen LogP) is 5.55. The van der Waals surface area contributed by atoms with E-state index in [1.54, 1.807) is 6.07 Å². The molecule has 0 spiro atoms. The van der Waals surface area contributed by atoms with Gasteiger partial charge in [-0.3, -0.25) is 4.79 Å². The summed E-state index contributed by atoms with van der Waals surface area (Å²) < 4.78 is 15.0. The van der Waals surface area contributed by atoms with Crippen LogP contribution in [0.3, 0.4) is 0 Å². The minimum atomic E-state index is -0.294. The molecule has 0 aliphatic heterocycles. The second-order valence-corrected chi connectivity index (χ2v) is 7.48. The van der Waals surface area contributed by atoms with Gasteiger partial charge in [-0.15, -0.1) is 0 Å². The van der Waals surface area contributed by atoms with Crippen molar-refractivity contribution in [2.75, 3.05) is 0 Å². The number of hydrogen-bond donors (Lipinski definition) is 0. The van der Waals surface area contributed by atoms with Crippen LogP contribution in [0.15, 0.2) is 30.3 Å². The first-order chi connectivity index (χ1) is 11.1. The number of aryl methyl sites for hydroxylation is 1. The molecule has 1 unspecified atom stereocenters. The van der Waals surface area contributed by atoms with Crippen LogP contribution in [0.1, 0.15) is 54.9 Å². The normalized spacial score (nSPS) is 27.9. The maximum absolute atomic E-state index is 15.0. The van der Waals surface area contributed by atoms with E-state index in [0.29, 0.717) is 16.9 Å². The highest BCUT2D eigenvalue weighted by Crippen LogP contribution is 2.41. The minimum absolute atomic E-state index is 0.0330. The highest BCUT2D eigenvalue weighted by Gasteiger charge is 2.37. The van der Waals surface area contributed by atoms with E-state index in [2.05, 4.69) is 6.92 Å². The fourth-order valence-electron chi connectivity index (χ4n) is 4.59. The summed E-state index contributed by atoms with van der Waals surface area (Å²) in [5.41, 5.74) is 1.30. The molecule has 120 valence electrons. The first kappa shape index (κ1) is 14.9. The van der Waals surface area contributed by atoms with Gasteiger partial charge in [0.2, 0.25) is 0 Å². The summed E-state index contributed by atoms with van der Waals surface area (Å²) in [6, 6.07) is 9.49. The number of benzene rings is 2. The third kappa shape index (κ3) is 2.49. The summed E-state index contributed by atoms with van der Waals surface area (Å²) in [5.74, 6) is 1.03. The van der Waals surface area contributed by atoms with Crippen LogP contribution in [-0.4, -0.2) is 5.78 Å². The molecule has 1 atom stereocenters. The molecule has 2 aromatic rings. The number of ketones is 1. The van der Waals surface area contributed by atoms with E-state index < -0.39 is 0 Å². The maximum atomic E-state index is 15.0. The zero-order valence-electron chi connectivity index (χ0n) is 13.6. The Kier molecular flexibility index (Phi) is 3.71. The molecule has 2 heteroatoms. The average molecular weight is 310 g/mol. The van der Waals surface area contributed by atoms with Crippen LogP contribution in [0, 0.1) is 23.6 Å². The number of halogens is 1. The van der Waals surface area contributed by atoms with E-state index in [9.17, 15) is 9.18 Å². The van der Waals surface area contributed by atoms with Crippen molar-refractivity contribution in [2.24, 2.45) is 17.8 Å². The van der Waals surface area contributed by atoms with Gasteiger partial charge < -0.3 is 0 Å². The second kappa shape index (κ2) is 5.74. The molecule has 0 N–H and O–H groups in total. The molecule has 1 fully saturated rings. The van der Waals surface area contributed by atoms with Crippen LogP contribution < -0.4 is 0 Å². The highest BCUT2D eigenvalue weighted by molar-refractivity contribution is 6.04. The van der Waals surface area contributed by atoms with Gasteiger partial charge in [-0.25, -0.2) is 4.39 Å². The molecule has 1 saturated carbocycles. The molecule has 0 amide bonds. The Morgan fingerprint density at radius 3 is 2.57 bits per heavy atom. The van der Waals surface area contributed by atoms with E-state index >= 15 is 0 Å². The van der Waals surface area contributed by atoms with Crippen LogP contribution in [0.25, 0.3) is 10.8 Å². The van der Waals surface area contributed by atoms with Crippen LogP contribution in [0.5, 0.6) is 0 Å². The summed E-state index contributed by atoms with van der Waals surface area (Å²) in [7, 11) is 0. The molecule has 0 bridgehead atoms. The summed E-state index contributed by atoms with van der Waals surface area (Å²) in [6.45, 7) is 2.29. The number of rotatable bonds is 1. The van der Waals surface area contributed by atoms with Gasteiger partial charge in [-0.2, -0.15) is 0 Å². The topological polar surface area (TPSA) is 17.1 Å². The number of carbonyl (C=O) groups excluding carboxylic acids is 1. The van der Waals surface area contributed by atoms with Crippen molar-refractivity contribution >= 4 is 16.6 Å². The first-order valence-corrected chi connectivity index (χ1v) is 8.89. The standard InChI is InChI=1S/C21H23FO/c1-13-6-8-14(9-7-13)18-11-10-16-12-15-4-2-3-5-17(15)20(22)19(16)21(18)23/h2-5,12-14,18H,6-11H2,1H3. The van der Waals surface area contributed by atoms with Crippen molar-refractivity contribution in [3.63, 3.8) is 0 Å². The van der Waals surface area contributed by atoms with E-state index in [1.165, 1.54) is 12.8 Å². The van der Waals surface area contributed by atoms with Crippen molar-refractivity contribution in [3.8, 4) is 0 Å². The first-order valence-electron chi connectivity index (χ1n) is 8.89. The summed E-state index contributed by atoms with van der Waals surface area (Å²) >= 11 is 0. The summed E-state index contributed by atoms with van der Waals surface area (Å²) in [6.07, 6.45) is 6.40. The zero-order chi connectivity index (χ0) is 16.0. The van der Waals surface area contributed by atoms with Gasteiger partial charge in [0.1, 0.15) is 5.82 Å². The molecule has 0 aromatic heterocycles. The third-order valence-electron chi connectivity index (χ3n) is 6.00. The fourth-order valence-corrected chi connectivity index (χ4v) is 4.59. The predicted molar refractivity (Wildman–Crippen MR) is 91.2 cm³/mol. The van der Waals surface area contributed by atoms with Crippen molar-refractivity contribution in [3.05, 3.63) is 47.3 Å². The van der Waals surface area contributed by atoms with Crippen molar-refractivity contribution in [2.45, 2.75) is 45.4 Å². The fraction of sp³-hybridized carbons (Fsp3) is 0.476. The molecule has 0 saturated heterocycles. The van der Waals surface area contributed by atoms with Crippen LogP contribution >= 0.6 is 0 Å². The molecule has 0 heterocycles. The molecule has 2 aliphatic carbocycles. The number of fused-ring (bicyclic) bond motifs is 2. The molecule has 1 nitrogen and oxygen atoms in total. The molecule has 0 radical (unpaired) electrons. The number of carbonyl (C=O) groups is 1. The Hall–Kier alpha value is -1.70. The van der Waals surface area contributed by atoms with Gasteiger partial charge >= 0.3 is 0 Å². The van der Waals surface area contributed by atoms with Crippen LogP contribution in [0.2, 0.25) is 0 Å². The summed E-state index contributed by atoms with van der Waals surface area (Å²) in [4.78, 5) is 13.0. The molecular weight excluding hydrogens is 287 g/mol. The lowest BCUT2D eigenvalue weighted by Crippen LogP contribution is -2.32. The van der Waals surface area contributed by atoms with Crippen molar-refractivity contribution in [1.29, 1.82) is 0 Å². The third-order valence-corrected chi connectivity index (χ3v) is 6.00. The molecule has 4 rings (SSSR count). The Morgan fingerprint density at radius 2 is 1.78 bits per heavy atom. The number of Topliss-reactive ketones (excluding diaryl/α,β-unsaturated/α-hetero) is 1. The Balaban J connectivity index is 1.72. The lowest BCUT2D eigenvalue weighted by Gasteiger charge is -2.34. The lowest BCUT2D eigenvalue weighted by atomic mass is 9.69. The van der Waals surface area contributed by atoms with Crippen molar-refractivity contribution in [1.82, 2.24) is 0 Å². The summed E-state index contributed by atoms with van der Waals surface area (Å²) in [5, 5.41) is 1.49. The van der Waals surface area contributed by atoms with E-state index in [-0.39, 0.29) is 17.5 Å². The molecule has 2 aliphatic rings. The van der Waals surface area contributed by atoms with E-state index in [1.807, 2.05) is 24.3 Å².